The van der Waals surface area contributed by atoms with Crippen molar-refractivity contribution in [2.75, 3.05) is 38.8 Å². The lowest BCUT2D eigenvalue weighted by atomic mass is 9.87. The minimum atomic E-state index is -0.124. The predicted molar refractivity (Wildman–Crippen MR) is 61.8 cm³/mol. The maximum Gasteiger partial charge on any atom is 0.141 e. The van der Waals surface area contributed by atoms with Gasteiger partial charge < -0.3 is 19.9 Å². The SMILES string of the molecule is COc1ccccc1NCC1(CO)COC1. The van der Waals surface area contributed by atoms with E-state index in [2.05, 4.69) is 5.32 Å². The molecule has 0 amide bonds. The average molecular weight is 223 g/mol. The minimum absolute atomic E-state index is 0.124. The van der Waals surface area contributed by atoms with Gasteiger partial charge >= 0.3 is 0 Å². The summed E-state index contributed by atoms with van der Waals surface area (Å²) in [4.78, 5) is 0. The molecule has 0 aromatic heterocycles. The van der Waals surface area contributed by atoms with Gasteiger partial charge in [-0.2, -0.15) is 0 Å². The van der Waals surface area contributed by atoms with Crippen molar-refractivity contribution in [3.8, 4) is 5.75 Å². The number of aliphatic hydroxyl groups excluding tert-OH is 1. The molecule has 1 saturated heterocycles. The van der Waals surface area contributed by atoms with Crippen LogP contribution in [0, 0.1) is 5.41 Å². The third kappa shape index (κ3) is 2.13. The summed E-state index contributed by atoms with van der Waals surface area (Å²) in [6.45, 7) is 2.08. The summed E-state index contributed by atoms with van der Waals surface area (Å²) in [6, 6.07) is 7.75. The van der Waals surface area contributed by atoms with E-state index in [9.17, 15) is 5.11 Å². The second-order valence-corrected chi connectivity index (χ2v) is 4.20. The van der Waals surface area contributed by atoms with Gasteiger partial charge in [-0.1, -0.05) is 12.1 Å². The highest BCUT2D eigenvalue weighted by Crippen LogP contribution is 2.29. The maximum absolute atomic E-state index is 9.29. The molecule has 2 N–H and O–H groups in total. The van der Waals surface area contributed by atoms with E-state index in [0.29, 0.717) is 19.8 Å². The number of aliphatic hydroxyl groups is 1. The normalized spacial score (nSPS) is 17.6. The quantitative estimate of drug-likeness (QED) is 0.785. The molecule has 0 atom stereocenters. The zero-order chi connectivity index (χ0) is 11.4. The highest BCUT2D eigenvalue weighted by molar-refractivity contribution is 5.56. The van der Waals surface area contributed by atoms with Crippen LogP contribution in [0.25, 0.3) is 0 Å². The molecule has 4 heteroatoms. The first-order valence-electron chi connectivity index (χ1n) is 5.35. The number of hydrogen-bond donors (Lipinski definition) is 2. The molecule has 1 aliphatic heterocycles. The first-order chi connectivity index (χ1) is 7.79. The lowest BCUT2D eigenvalue weighted by Gasteiger charge is -2.40. The largest absolute Gasteiger partial charge is 0.495 e. The Bertz CT molecular complexity index is 344. The molecule has 0 aliphatic carbocycles. The monoisotopic (exact) mass is 223 g/mol. The molecule has 1 aromatic rings. The van der Waals surface area contributed by atoms with Crippen molar-refractivity contribution in [3.05, 3.63) is 24.3 Å². The molecule has 1 aliphatic rings. The number of rotatable bonds is 5. The second kappa shape index (κ2) is 4.72. The highest BCUT2D eigenvalue weighted by atomic mass is 16.5. The number of methoxy groups -OCH3 is 1. The number of para-hydroxylation sites is 2. The molecule has 0 spiro atoms. The van der Waals surface area contributed by atoms with Gasteiger partial charge in [0.25, 0.3) is 0 Å². The van der Waals surface area contributed by atoms with E-state index in [1.807, 2.05) is 24.3 Å². The van der Waals surface area contributed by atoms with E-state index < -0.39 is 0 Å². The van der Waals surface area contributed by atoms with Gasteiger partial charge in [0.15, 0.2) is 0 Å². The van der Waals surface area contributed by atoms with Gasteiger partial charge in [0.2, 0.25) is 0 Å². The molecule has 0 bridgehead atoms. The summed E-state index contributed by atoms with van der Waals surface area (Å²) in [5, 5.41) is 12.6. The Morgan fingerprint density at radius 2 is 2.19 bits per heavy atom. The molecular formula is C12H17NO3. The van der Waals surface area contributed by atoms with Gasteiger partial charge in [0.1, 0.15) is 5.75 Å². The Morgan fingerprint density at radius 3 is 2.75 bits per heavy atom. The summed E-state index contributed by atoms with van der Waals surface area (Å²) in [5.41, 5.74) is 0.825. The van der Waals surface area contributed by atoms with Crippen molar-refractivity contribution in [2.24, 2.45) is 5.41 Å². The van der Waals surface area contributed by atoms with Gasteiger partial charge in [-0.05, 0) is 12.1 Å². The average Bonchev–Trinajstić information content (AvgIpc) is 2.29. The Kier molecular flexibility index (Phi) is 3.31. The number of nitrogens with one attached hydrogen (secondary N) is 1. The predicted octanol–water partition coefficient (Wildman–Crippen LogP) is 1.12. The maximum atomic E-state index is 9.29. The Balaban J connectivity index is 1.98. The van der Waals surface area contributed by atoms with Crippen molar-refractivity contribution in [1.29, 1.82) is 0 Å². The van der Waals surface area contributed by atoms with Crippen LogP contribution in [0.1, 0.15) is 0 Å². The number of hydrogen-bond acceptors (Lipinski definition) is 4. The lowest BCUT2D eigenvalue weighted by molar-refractivity contribution is -0.128. The van der Waals surface area contributed by atoms with Crippen LogP contribution in [-0.4, -0.2) is 38.6 Å². The molecule has 88 valence electrons. The van der Waals surface area contributed by atoms with Crippen LogP contribution in [0.15, 0.2) is 24.3 Å². The molecule has 4 nitrogen and oxygen atoms in total. The third-order valence-corrected chi connectivity index (χ3v) is 2.91. The van der Waals surface area contributed by atoms with Crippen LogP contribution < -0.4 is 10.1 Å². The summed E-state index contributed by atoms with van der Waals surface area (Å²) >= 11 is 0. The van der Waals surface area contributed by atoms with Crippen molar-refractivity contribution < 1.29 is 14.6 Å². The zero-order valence-corrected chi connectivity index (χ0v) is 9.40. The zero-order valence-electron chi connectivity index (χ0n) is 9.40. The van der Waals surface area contributed by atoms with Gasteiger partial charge in [-0.3, -0.25) is 0 Å². The number of benzene rings is 1. The molecule has 0 unspecified atom stereocenters. The molecule has 2 rings (SSSR count). The molecule has 1 aromatic carbocycles. The molecule has 1 heterocycles. The fraction of sp³-hybridized carbons (Fsp3) is 0.500. The van der Waals surface area contributed by atoms with Crippen molar-refractivity contribution in [1.82, 2.24) is 0 Å². The first kappa shape index (κ1) is 11.2. The fourth-order valence-electron chi connectivity index (χ4n) is 1.71. The molecule has 0 saturated carbocycles. The molecule has 1 fully saturated rings. The van der Waals surface area contributed by atoms with Gasteiger partial charge in [0.05, 0.1) is 38.0 Å². The number of ether oxygens (including phenoxy) is 2. The lowest BCUT2D eigenvalue weighted by Crippen LogP contribution is -2.50. The standard InChI is InChI=1S/C12H17NO3/c1-15-11-5-3-2-4-10(11)13-6-12(7-14)8-16-9-12/h2-5,13-14H,6-9H2,1H3. The van der Waals surface area contributed by atoms with Gasteiger partial charge in [0, 0.05) is 6.54 Å². The second-order valence-electron chi connectivity index (χ2n) is 4.20. The molecule has 0 radical (unpaired) electrons. The smallest absolute Gasteiger partial charge is 0.141 e. The summed E-state index contributed by atoms with van der Waals surface area (Å²) in [5.74, 6) is 0.816. The van der Waals surface area contributed by atoms with E-state index in [0.717, 1.165) is 11.4 Å². The van der Waals surface area contributed by atoms with Gasteiger partial charge in [-0.15, -0.1) is 0 Å². The van der Waals surface area contributed by atoms with Gasteiger partial charge in [-0.25, -0.2) is 0 Å². The van der Waals surface area contributed by atoms with Crippen LogP contribution in [0.3, 0.4) is 0 Å². The van der Waals surface area contributed by atoms with E-state index in [1.54, 1.807) is 7.11 Å². The topological polar surface area (TPSA) is 50.7 Å². The summed E-state index contributed by atoms with van der Waals surface area (Å²) in [7, 11) is 1.65. The van der Waals surface area contributed by atoms with E-state index >= 15 is 0 Å². The first-order valence-corrected chi connectivity index (χ1v) is 5.35. The molecule has 16 heavy (non-hydrogen) atoms. The van der Waals surface area contributed by atoms with Crippen molar-refractivity contribution in [3.63, 3.8) is 0 Å². The molecular weight excluding hydrogens is 206 g/mol. The van der Waals surface area contributed by atoms with Crippen LogP contribution >= 0.6 is 0 Å². The van der Waals surface area contributed by atoms with Crippen LogP contribution in [0.4, 0.5) is 5.69 Å². The van der Waals surface area contributed by atoms with Crippen molar-refractivity contribution in [2.45, 2.75) is 0 Å². The summed E-state index contributed by atoms with van der Waals surface area (Å²) < 4.78 is 10.4. The Labute approximate surface area is 95.2 Å². The third-order valence-electron chi connectivity index (χ3n) is 2.91. The van der Waals surface area contributed by atoms with Crippen LogP contribution in [-0.2, 0) is 4.74 Å². The highest BCUT2D eigenvalue weighted by Gasteiger charge is 2.37. The minimum Gasteiger partial charge on any atom is -0.495 e. The van der Waals surface area contributed by atoms with E-state index in [-0.39, 0.29) is 12.0 Å². The van der Waals surface area contributed by atoms with E-state index in [4.69, 9.17) is 9.47 Å². The summed E-state index contributed by atoms with van der Waals surface area (Å²) in [6.07, 6.45) is 0. The Morgan fingerprint density at radius 1 is 1.44 bits per heavy atom. The number of anilines is 1. The Hall–Kier alpha value is -1.26. The van der Waals surface area contributed by atoms with Crippen LogP contribution in [0.2, 0.25) is 0 Å². The van der Waals surface area contributed by atoms with Crippen molar-refractivity contribution >= 4 is 5.69 Å². The van der Waals surface area contributed by atoms with E-state index in [1.165, 1.54) is 0 Å². The fourth-order valence-corrected chi connectivity index (χ4v) is 1.71. The van der Waals surface area contributed by atoms with Crippen LogP contribution in [0.5, 0.6) is 5.75 Å².